The predicted octanol–water partition coefficient (Wildman–Crippen LogP) is 17.7. The lowest BCUT2D eigenvalue weighted by atomic mass is 9.86. The van der Waals surface area contributed by atoms with E-state index in [4.69, 9.17) is 0 Å². The molecule has 0 amide bonds. The van der Waals surface area contributed by atoms with Crippen molar-refractivity contribution in [3.63, 3.8) is 0 Å². The molecule has 69 heavy (non-hydrogen) atoms. The number of rotatable bonds is 8. The van der Waals surface area contributed by atoms with Crippen molar-refractivity contribution in [1.29, 1.82) is 0 Å². The molecule has 13 rings (SSSR count). The van der Waals surface area contributed by atoms with Crippen LogP contribution in [-0.4, -0.2) is 4.57 Å². The van der Waals surface area contributed by atoms with Crippen LogP contribution in [0.2, 0.25) is 0 Å². The van der Waals surface area contributed by atoms with Gasteiger partial charge in [-0.2, -0.15) is 0 Å². The lowest BCUT2D eigenvalue weighted by molar-refractivity contribution is 0.857. The molecular weight excluding hydrogens is 833 g/mol. The fourth-order valence-electron chi connectivity index (χ4n) is 11.1. The standard InChI is InChI=1S/C67H50N2/c1-3-14-46(15-4-1)51-19-11-21-53(40-51)54-22-12-20-52(41-54)50-30-28-48(29-31-50)49-32-36-60(37-33-49)68-64-26-9-7-18-58(64)43-59-42-56(35-39-65(59)68)57-34-38-63-62-25-8-10-27-66(62)69(67(63)45-57)61-24-13-23-55(44-61)47-16-5-2-6-17-47/h1-20,22-32,34-36,38-42,44-45,53H,21,33,37,43H2. The highest BCUT2D eigenvalue weighted by molar-refractivity contribution is 6.10. The minimum Gasteiger partial charge on any atom is -0.314 e. The van der Waals surface area contributed by atoms with Gasteiger partial charge in [-0.25, -0.2) is 0 Å². The number of allylic oxidation sites excluding steroid dienone is 8. The van der Waals surface area contributed by atoms with Crippen LogP contribution in [0.25, 0.3) is 72.0 Å². The molecule has 2 heteroatoms. The molecule has 0 spiro atoms. The highest BCUT2D eigenvalue weighted by Gasteiger charge is 2.27. The lowest BCUT2D eigenvalue weighted by Gasteiger charge is -2.36. The quantitative estimate of drug-likeness (QED) is 0.148. The van der Waals surface area contributed by atoms with Gasteiger partial charge < -0.3 is 9.47 Å². The van der Waals surface area contributed by atoms with E-state index in [1.165, 1.54) is 111 Å². The van der Waals surface area contributed by atoms with Gasteiger partial charge in [-0.15, -0.1) is 0 Å². The Morgan fingerprint density at radius 1 is 0.406 bits per heavy atom. The fourth-order valence-corrected chi connectivity index (χ4v) is 11.1. The maximum atomic E-state index is 2.53. The van der Waals surface area contributed by atoms with Crippen LogP contribution in [0.4, 0.5) is 11.4 Å². The second kappa shape index (κ2) is 17.3. The second-order valence-electron chi connectivity index (χ2n) is 18.8. The van der Waals surface area contributed by atoms with Gasteiger partial charge in [0, 0.05) is 45.9 Å². The van der Waals surface area contributed by atoms with E-state index in [1.807, 2.05) is 0 Å². The van der Waals surface area contributed by atoms with Gasteiger partial charge in [0.05, 0.1) is 11.0 Å². The largest absolute Gasteiger partial charge is 0.314 e. The van der Waals surface area contributed by atoms with E-state index >= 15 is 0 Å². The summed E-state index contributed by atoms with van der Waals surface area (Å²) in [5.41, 5.74) is 24.2. The highest BCUT2D eigenvalue weighted by Crippen LogP contribution is 2.46. The first kappa shape index (κ1) is 40.8. The van der Waals surface area contributed by atoms with Gasteiger partial charge in [-0.1, -0.05) is 200 Å². The fraction of sp³-hybridized carbons (Fsp3) is 0.0746. The molecular formula is C67H50N2. The first-order valence-corrected chi connectivity index (χ1v) is 24.4. The van der Waals surface area contributed by atoms with Crippen molar-refractivity contribution in [2.45, 2.75) is 31.6 Å². The third-order valence-electron chi connectivity index (χ3n) is 14.6. The van der Waals surface area contributed by atoms with Gasteiger partial charge in [0.25, 0.3) is 0 Å². The summed E-state index contributed by atoms with van der Waals surface area (Å²) in [6.45, 7) is 0. The Hall–Kier alpha value is -8.46. The molecule has 2 heterocycles. The van der Waals surface area contributed by atoms with Gasteiger partial charge in [0.15, 0.2) is 0 Å². The number of nitrogens with zero attached hydrogens (tertiary/aromatic N) is 2. The van der Waals surface area contributed by atoms with Gasteiger partial charge in [0.1, 0.15) is 0 Å². The average Bonchev–Trinajstić information content (AvgIpc) is 3.76. The Morgan fingerprint density at radius 3 is 1.88 bits per heavy atom. The second-order valence-corrected chi connectivity index (χ2v) is 18.8. The number of hydrogen-bond acceptors (Lipinski definition) is 1. The Morgan fingerprint density at radius 2 is 1.04 bits per heavy atom. The van der Waals surface area contributed by atoms with Crippen molar-refractivity contribution in [3.8, 4) is 39.1 Å². The zero-order valence-corrected chi connectivity index (χ0v) is 38.5. The first-order valence-electron chi connectivity index (χ1n) is 24.4. The predicted molar refractivity (Wildman–Crippen MR) is 291 cm³/mol. The van der Waals surface area contributed by atoms with Crippen LogP contribution in [0.3, 0.4) is 0 Å². The Bertz CT molecular complexity index is 3710. The summed E-state index contributed by atoms with van der Waals surface area (Å²) < 4.78 is 2.44. The Kier molecular flexibility index (Phi) is 10.2. The number of fused-ring (bicyclic) bond motifs is 5. The van der Waals surface area contributed by atoms with Crippen LogP contribution in [0.15, 0.2) is 254 Å². The van der Waals surface area contributed by atoms with E-state index in [1.54, 1.807) is 0 Å². The van der Waals surface area contributed by atoms with Gasteiger partial charge >= 0.3 is 0 Å². The SMILES string of the molecule is C1=CC(c2ccccc2)=CC(c2cccc(-c3ccc(C4=CC=C(N5c6ccccc6Cc6cc(-c7ccc8c9ccccc9n(-c9cccc(-c%10ccccc%10)c9)c8c7)ccc65)CC4)cc3)c2)C1. The van der Waals surface area contributed by atoms with Crippen LogP contribution in [0, 0.1) is 0 Å². The van der Waals surface area contributed by atoms with Gasteiger partial charge in [0.2, 0.25) is 0 Å². The normalized spacial score (nSPS) is 15.3. The monoisotopic (exact) mass is 882 g/mol. The Balaban J connectivity index is 0.793. The molecule has 3 aliphatic rings. The van der Waals surface area contributed by atoms with E-state index in [2.05, 4.69) is 258 Å². The molecule has 1 unspecified atom stereocenters. The van der Waals surface area contributed by atoms with Crippen molar-refractivity contribution in [2.75, 3.05) is 4.90 Å². The summed E-state index contributed by atoms with van der Waals surface area (Å²) in [4.78, 5) is 2.53. The lowest BCUT2D eigenvalue weighted by Crippen LogP contribution is -2.23. The highest BCUT2D eigenvalue weighted by atomic mass is 15.2. The molecule has 9 aromatic carbocycles. The topological polar surface area (TPSA) is 8.17 Å². The van der Waals surface area contributed by atoms with Crippen LogP contribution < -0.4 is 4.90 Å². The Labute approximate surface area is 404 Å². The van der Waals surface area contributed by atoms with Crippen molar-refractivity contribution in [3.05, 3.63) is 282 Å². The molecule has 0 fully saturated rings. The minimum absolute atomic E-state index is 0.365. The summed E-state index contributed by atoms with van der Waals surface area (Å²) in [7, 11) is 0. The molecule has 0 saturated carbocycles. The third-order valence-corrected chi connectivity index (χ3v) is 14.6. The molecule has 0 N–H and O–H groups in total. The first-order chi connectivity index (χ1) is 34.2. The van der Waals surface area contributed by atoms with Crippen molar-refractivity contribution in [2.24, 2.45) is 0 Å². The number of para-hydroxylation sites is 2. The number of anilines is 2. The molecule has 0 radical (unpaired) electrons. The van der Waals surface area contributed by atoms with E-state index in [9.17, 15) is 0 Å². The van der Waals surface area contributed by atoms with E-state index in [-0.39, 0.29) is 0 Å². The summed E-state index contributed by atoms with van der Waals surface area (Å²) in [5, 5.41) is 2.53. The van der Waals surface area contributed by atoms with Gasteiger partial charge in [-0.3, -0.25) is 0 Å². The van der Waals surface area contributed by atoms with E-state index < -0.39 is 0 Å². The summed E-state index contributed by atoms with van der Waals surface area (Å²) in [5.74, 6) is 0.365. The zero-order chi connectivity index (χ0) is 45.7. The van der Waals surface area contributed by atoms with Gasteiger partial charge in [-0.05, 0) is 140 Å². The average molecular weight is 883 g/mol. The molecule has 1 atom stereocenters. The summed E-state index contributed by atoms with van der Waals surface area (Å²) >= 11 is 0. The minimum atomic E-state index is 0.365. The molecule has 2 aliphatic carbocycles. The van der Waals surface area contributed by atoms with Crippen LogP contribution >= 0.6 is 0 Å². The summed E-state index contributed by atoms with van der Waals surface area (Å²) in [6, 6.07) is 80.6. The maximum Gasteiger partial charge on any atom is 0.0547 e. The molecule has 0 saturated heterocycles. The van der Waals surface area contributed by atoms with Crippen molar-refractivity contribution >= 4 is 44.3 Å². The van der Waals surface area contributed by atoms with Crippen LogP contribution in [-0.2, 0) is 6.42 Å². The molecule has 1 aliphatic heterocycles. The smallest absolute Gasteiger partial charge is 0.0547 e. The van der Waals surface area contributed by atoms with Crippen molar-refractivity contribution in [1.82, 2.24) is 4.57 Å². The molecule has 328 valence electrons. The number of aromatic nitrogens is 1. The number of benzene rings is 9. The summed E-state index contributed by atoms with van der Waals surface area (Å²) in [6.07, 6.45) is 15.6. The molecule has 2 nitrogen and oxygen atoms in total. The van der Waals surface area contributed by atoms with E-state index in [0.717, 1.165) is 31.4 Å². The third kappa shape index (κ3) is 7.55. The maximum absolute atomic E-state index is 2.53. The van der Waals surface area contributed by atoms with Crippen LogP contribution in [0.5, 0.6) is 0 Å². The molecule has 0 bridgehead atoms. The van der Waals surface area contributed by atoms with Crippen LogP contribution in [0.1, 0.15) is 53.0 Å². The molecule has 1 aromatic heterocycles. The number of hydrogen-bond donors (Lipinski definition) is 0. The zero-order valence-electron chi connectivity index (χ0n) is 38.5. The molecule has 10 aromatic rings. The van der Waals surface area contributed by atoms with Crippen molar-refractivity contribution < 1.29 is 0 Å². The van der Waals surface area contributed by atoms with E-state index in [0.29, 0.717) is 5.92 Å².